The molecule has 0 saturated carbocycles. The molecule has 42 valence electrons. The molecule has 0 aromatic rings. The first kappa shape index (κ1) is 6.05. The van der Waals surface area contributed by atoms with Gasteiger partial charge in [0.15, 0.2) is 0 Å². The zero-order valence-electron chi connectivity index (χ0n) is 3.73. The SMILES string of the molecule is BrCC1OC1CBr. The second-order valence-corrected chi connectivity index (χ2v) is 2.82. The Balaban J connectivity index is 2.06. The van der Waals surface area contributed by atoms with Crippen LogP contribution in [0.25, 0.3) is 0 Å². The van der Waals surface area contributed by atoms with E-state index in [2.05, 4.69) is 31.9 Å². The van der Waals surface area contributed by atoms with Gasteiger partial charge in [0.2, 0.25) is 0 Å². The van der Waals surface area contributed by atoms with Crippen LogP contribution in [-0.4, -0.2) is 22.9 Å². The van der Waals surface area contributed by atoms with Crippen molar-refractivity contribution in [2.24, 2.45) is 0 Å². The Labute approximate surface area is 59.7 Å². The van der Waals surface area contributed by atoms with Gasteiger partial charge in [-0.1, -0.05) is 31.9 Å². The summed E-state index contributed by atoms with van der Waals surface area (Å²) >= 11 is 6.62. The van der Waals surface area contributed by atoms with Gasteiger partial charge < -0.3 is 4.74 Å². The predicted octanol–water partition coefficient (Wildman–Crippen LogP) is 1.54. The molecule has 1 rings (SSSR count). The van der Waals surface area contributed by atoms with Crippen molar-refractivity contribution in [3.63, 3.8) is 0 Å². The number of hydrogen-bond donors (Lipinski definition) is 0. The van der Waals surface area contributed by atoms with Crippen LogP contribution in [0.5, 0.6) is 0 Å². The largest absolute Gasteiger partial charge is 0.368 e. The number of ether oxygens (including phenoxy) is 1. The van der Waals surface area contributed by atoms with Gasteiger partial charge in [-0.25, -0.2) is 0 Å². The Morgan fingerprint density at radius 1 is 1.14 bits per heavy atom. The highest BCUT2D eigenvalue weighted by molar-refractivity contribution is 9.09. The maximum absolute atomic E-state index is 5.12. The fourth-order valence-corrected chi connectivity index (χ4v) is 1.59. The second kappa shape index (κ2) is 2.46. The molecule has 0 aromatic heterocycles. The average Bonchev–Trinajstić information content (AvgIpc) is 2.43. The van der Waals surface area contributed by atoms with Crippen LogP contribution in [0.2, 0.25) is 0 Å². The molecule has 0 amide bonds. The Morgan fingerprint density at radius 2 is 1.57 bits per heavy atom. The molecule has 1 saturated heterocycles. The summed E-state index contributed by atoms with van der Waals surface area (Å²) < 4.78 is 5.12. The van der Waals surface area contributed by atoms with Crippen LogP contribution in [0.4, 0.5) is 0 Å². The lowest BCUT2D eigenvalue weighted by atomic mass is 10.4. The van der Waals surface area contributed by atoms with Crippen molar-refractivity contribution in [3.05, 3.63) is 0 Å². The summed E-state index contributed by atoms with van der Waals surface area (Å²) in [4.78, 5) is 0. The van der Waals surface area contributed by atoms with Gasteiger partial charge in [0.25, 0.3) is 0 Å². The molecule has 1 aliphatic heterocycles. The molecule has 1 aliphatic rings. The normalized spacial score (nSPS) is 38.6. The van der Waals surface area contributed by atoms with Gasteiger partial charge in [-0.05, 0) is 0 Å². The summed E-state index contributed by atoms with van der Waals surface area (Å²) in [6.07, 6.45) is 0.971. The van der Waals surface area contributed by atoms with Crippen LogP contribution >= 0.6 is 31.9 Å². The smallest absolute Gasteiger partial charge is 0.0947 e. The van der Waals surface area contributed by atoms with Crippen LogP contribution in [0.15, 0.2) is 0 Å². The maximum Gasteiger partial charge on any atom is 0.0947 e. The molecule has 0 aromatic carbocycles. The van der Waals surface area contributed by atoms with Crippen molar-refractivity contribution in [1.29, 1.82) is 0 Å². The molecule has 1 fully saturated rings. The van der Waals surface area contributed by atoms with E-state index in [0.29, 0.717) is 12.2 Å². The minimum absolute atomic E-state index is 0.486. The van der Waals surface area contributed by atoms with Gasteiger partial charge in [-0.15, -0.1) is 0 Å². The van der Waals surface area contributed by atoms with Crippen LogP contribution in [0.3, 0.4) is 0 Å². The van der Waals surface area contributed by atoms with E-state index < -0.39 is 0 Å². The van der Waals surface area contributed by atoms with Gasteiger partial charge >= 0.3 is 0 Å². The summed E-state index contributed by atoms with van der Waals surface area (Å²) in [6.45, 7) is 0. The van der Waals surface area contributed by atoms with Crippen LogP contribution in [0.1, 0.15) is 0 Å². The van der Waals surface area contributed by atoms with E-state index in [1.807, 2.05) is 0 Å². The van der Waals surface area contributed by atoms with Gasteiger partial charge in [0.1, 0.15) is 0 Å². The molecule has 7 heavy (non-hydrogen) atoms. The predicted molar refractivity (Wildman–Crippen MR) is 36.2 cm³/mol. The Hall–Kier alpha value is 0.920. The fourth-order valence-electron chi connectivity index (χ4n) is 0.451. The van der Waals surface area contributed by atoms with Crippen LogP contribution in [-0.2, 0) is 4.74 Å². The number of hydrogen-bond acceptors (Lipinski definition) is 1. The Kier molecular flexibility index (Phi) is 2.13. The fraction of sp³-hybridized carbons (Fsp3) is 1.00. The molecule has 1 nitrogen and oxygen atoms in total. The lowest BCUT2D eigenvalue weighted by Crippen LogP contribution is -1.93. The molecule has 3 heteroatoms. The monoisotopic (exact) mass is 228 g/mol. The van der Waals surface area contributed by atoms with E-state index in [0.717, 1.165) is 10.7 Å². The maximum atomic E-state index is 5.12. The highest BCUT2D eigenvalue weighted by Crippen LogP contribution is 2.24. The molecule has 0 aliphatic carbocycles. The van der Waals surface area contributed by atoms with Crippen molar-refractivity contribution in [2.75, 3.05) is 10.7 Å². The summed E-state index contributed by atoms with van der Waals surface area (Å²) in [7, 11) is 0. The molecule has 1 heterocycles. The number of alkyl halides is 2. The van der Waals surface area contributed by atoms with E-state index in [1.54, 1.807) is 0 Å². The highest BCUT2D eigenvalue weighted by Gasteiger charge is 2.36. The van der Waals surface area contributed by atoms with Gasteiger partial charge in [-0.3, -0.25) is 0 Å². The number of rotatable bonds is 2. The third kappa shape index (κ3) is 1.40. The van der Waals surface area contributed by atoms with Crippen LogP contribution in [0, 0.1) is 0 Å². The van der Waals surface area contributed by atoms with Crippen molar-refractivity contribution in [2.45, 2.75) is 12.2 Å². The lowest BCUT2D eigenvalue weighted by Gasteiger charge is -1.75. The molecule has 0 bridgehead atoms. The van der Waals surface area contributed by atoms with E-state index in [9.17, 15) is 0 Å². The number of halogens is 2. The minimum Gasteiger partial charge on any atom is -0.368 e. The standard InChI is InChI=1S/C4H6Br2O/c5-1-3-4(2-6)7-3/h3-4H,1-2H2. The van der Waals surface area contributed by atoms with Gasteiger partial charge in [0.05, 0.1) is 12.2 Å². The summed E-state index contributed by atoms with van der Waals surface area (Å²) in [5.41, 5.74) is 0. The van der Waals surface area contributed by atoms with Crippen molar-refractivity contribution in [1.82, 2.24) is 0 Å². The van der Waals surface area contributed by atoms with Gasteiger partial charge in [0, 0.05) is 10.7 Å². The molecule has 0 radical (unpaired) electrons. The first-order valence-electron chi connectivity index (χ1n) is 2.16. The summed E-state index contributed by atoms with van der Waals surface area (Å²) in [6, 6.07) is 0. The number of epoxide rings is 1. The quantitative estimate of drug-likeness (QED) is 0.517. The summed E-state index contributed by atoms with van der Waals surface area (Å²) in [5, 5.41) is 1.95. The molecule has 2 unspecified atom stereocenters. The van der Waals surface area contributed by atoms with E-state index in [1.165, 1.54) is 0 Å². The average molecular weight is 230 g/mol. The van der Waals surface area contributed by atoms with Crippen molar-refractivity contribution >= 4 is 31.9 Å². The highest BCUT2D eigenvalue weighted by atomic mass is 79.9. The molecular weight excluding hydrogens is 224 g/mol. The second-order valence-electron chi connectivity index (χ2n) is 1.52. The van der Waals surface area contributed by atoms with E-state index in [-0.39, 0.29) is 0 Å². The molecule has 2 atom stereocenters. The topological polar surface area (TPSA) is 12.5 Å². The molecule has 0 spiro atoms. The van der Waals surface area contributed by atoms with Crippen molar-refractivity contribution < 1.29 is 4.74 Å². The minimum atomic E-state index is 0.486. The van der Waals surface area contributed by atoms with E-state index >= 15 is 0 Å². The third-order valence-corrected chi connectivity index (χ3v) is 2.27. The lowest BCUT2D eigenvalue weighted by molar-refractivity contribution is 0.394. The zero-order chi connectivity index (χ0) is 5.28. The molecular formula is C4H6Br2O. The van der Waals surface area contributed by atoms with Crippen molar-refractivity contribution in [3.8, 4) is 0 Å². The van der Waals surface area contributed by atoms with Gasteiger partial charge in [-0.2, -0.15) is 0 Å². The Bertz CT molecular complexity index is 58.7. The third-order valence-electron chi connectivity index (χ3n) is 0.992. The van der Waals surface area contributed by atoms with E-state index in [4.69, 9.17) is 4.74 Å². The zero-order valence-corrected chi connectivity index (χ0v) is 6.91. The molecule has 0 N–H and O–H groups in total. The first-order chi connectivity index (χ1) is 3.38. The van der Waals surface area contributed by atoms with Crippen LogP contribution < -0.4 is 0 Å². The Morgan fingerprint density at radius 3 is 1.71 bits per heavy atom. The summed E-state index contributed by atoms with van der Waals surface area (Å²) in [5.74, 6) is 0. The first-order valence-corrected chi connectivity index (χ1v) is 4.40.